The minimum atomic E-state index is -0.907. The van der Waals surface area contributed by atoms with Crippen molar-refractivity contribution >= 4 is 12.0 Å². The molecule has 2 atom stereocenters. The standard InChI is InChI=1S/C12H24N2O3/c1-7-12(4,5)14(6)11(17)13-9(3)8(2)10(15)16/h8-9H,7H2,1-6H3,(H,13,17)(H,15,16). The van der Waals surface area contributed by atoms with Crippen LogP contribution in [-0.2, 0) is 4.79 Å². The van der Waals surface area contributed by atoms with Crippen molar-refractivity contribution in [3.05, 3.63) is 0 Å². The summed E-state index contributed by atoms with van der Waals surface area (Å²) in [7, 11) is 1.72. The quantitative estimate of drug-likeness (QED) is 0.776. The molecule has 0 rings (SSSR count). The minimum absolute atomic E-state index is 0.238. The maximum absolute atomic E-state index is 11.9. The first kappa shape index (κ1) is 15.7. The number of carboxylic acids is 1. The van der Waals surface area contributed by atoms with E-state index in [0.29, 0.717) is 0 Å². The van der Waals surface area contributed by atoms with Gasteiger partial charge in [0.1, 0.15) is 0 Å². The van der Waals surface area contributed by atoms with Gasteiger partial charge in [0.15, 0.2) is 0 Å². The van der Waals surface area contributed by atoms with Gasteiger partial charge in [0.05, 0.1) is 5.92 Å². The van der Waals surface area contributed by atoms with Gasteiger partial charge in [0.2, 0.25) is 0 Å². The first-order chi connectivity index (χ1) is 7.63. The predicted molar refractivity (Wildman–Crippen MR) is 66.9 cm³/mol. The highest BCUT2D eigenvalue weighted by molar-refractivity contribution is 5.77. The average Bonchev–Trinajstić information content (AvgIpc) is 2.26. The molecule has 0 radical (unpaired) electrons. The van der Waals surface area contributed by atoms with Crippen molar-refractivity contribution in [3.8, 4) is 0 Å². The Morgan fingerprint density at radius 1 is 1.35 bits per heavy atom. The SMILES string of the molecule is CCC(C)(C)N(C)C(=O)NC(C)C(C)C(=O)O. The molecule has 0 heterocycles. The Balaban J connectivity index is 4.50. The summed E-state index contributed by atoms with van der Waals surface area (Å²) in [6.07, 6.45) is 0.833. The van der Waals surface area contributed by atoms with Crippen molar-refractivity contribution in [1.29, 1.82) is 0 Å². The van der Waals surface area contributed by atoms with E-state index in [2.05, 4.69) is 5.32 Å². The van der Waals surface area contributed by atoms with Gasteiger partial charge in [0, 0.05) is 18.6 Å². The van der Waals surface area contributed by atoms with E-state index in [4.69, 9.17) is 5.11 Å². The molecule has 2 unspecified atom stereocenters. The van der Waals surface area contributed by atoms with E-state index in [-0.39, 0.29) is 11.6 Å². The van der Waals surface area contributed by atoms with Crippen molar-refractivity contribution in [2.45, 2.75) is 52.6 Å². The molecule has 5 heteroatoms. The lowest BCUT2D eigenvalue weighted by molar-refractivity contribution is -0.141. The molecular weight excluding hydrogens is 220 g/mol. The molecule has 17 heavy (non-hydrogen) atoms. The van der Waals surface area contributed by atoms with E-state index in [9.17, 15) is 9.59 Å². The zero-order chi connectivity index (χ0) is 13.8. The lowest BCUT2D eigenvalue weighted by Crippen LogP contribution is -2.52. The van der Waals surface area contributed by atoms with Crippen LogP contribution in [0.25, 0.3) is 0 Å². The highest BCUT2D eigenvalue weighted by atomic mass is 16.4. The number of carbonyl (C=O) groups excluding carboxylic acids is 1. The van der Waals surface area contributed by atoms with Gasteiger partial charge >= 0.3 is 12.0 Å². The molecule has 0 aliphatic heterocycles. The van der Waals surface area contributed by atoms with Gasteiger partial charge in [-0.05, 0) is 34.1 Å². The van der Waals surface area contributed by atoms with Crippen LogP contribution in [0, 0.1) is 5.92 Å². The van der Waals surface area contributed by atoms with Gasteiger partial charge in [-0.3, -0.25) is 4.79 Å². The molecule has 0 fully saturated rings. The van der Waals surface area contributed by atoms with Crippen LogP contribution in [-0.4, -0.2) is 40.6 Å². The first-order valence-corrected chi connectivity index (χ1v) is 5.90. The lowest BCUT2D eigenvalue weighted by atomic mass is 10.00. The second-order valence-electron chi connectivity index (χ2n) is 5.09. The molecule has 0 aromatic rings. The number of carboxylic acid groups (broad SMARTS) is 1. The Morgan fingerprint density at radius 3 is 2.18 bits per heavy atom. The molecule has 0 spiro atoms. The van der Waals surface area contributed by atoms with Crippen molar-refractivity contribution in [1.82, 2.24) is 10.2 Å². The molecule has 0 aromatic heterocycles. The van der Waals surface area contributed by atoms with Crippen LogP contribution in [0.5, 0.6) is 0 Å². The number of hydrogen-bond acceptors (Lipinski definition) is 2. The van der Waals surface area contributed by atoms with Crippen molar-refractivity contribution in [2.75, 3.05) is 7.05 Å². The van der Waals surface area contributed by atoms with Crippen LogP contribution in [0.1, 0.15) is 41.0 Å². The number of amides is 2. The Bertz CT molecular complexity index is 289. The fraction of sp³-hybridized carbons (Fsp3) is 0.833. The van der Waals surface area contributed by atoms with Crippen LogP contribution >= 0.6 is 0 Å². The second kappa shape index (κ2) is 5.89. The summed E-state index contributed by atoms with van der Waals surface area (Å²) < 4.78 is 0. The minimum Gasteiger partial charge on any atom is -0.481 e. The lowest BCUT2D eigenvalue weighted by Gasteiger charge is -2.36. The molecule has 0 bridgehead atoms. The number of hydrogen-bond donors (Lipinski definition) is 2. The molecular formula is C12H24N2O3. The summed E-state index contributed by atoms with van der Waals surface area (Å²) in [6, 6.07) is -0.632. The van der Waals surface area contributed by atoms with Gasteiger partial charge in [-0.2, -0.15) is 0 Å². The molecule has 100 valence electrons. The topological polar surface area (TPSA) is 69.6 Å². The normalized spacial score (nSPS) is 14.9. The third-order valence-electron chi connectivity index (χ3n) is 3.57. The highest BCUT2D eigenvalue weighted by Crippen LogP contribution is 2.16. The predicted octanol–water partition coefficient (Wildman–Crippen LogP) is 1.93. The number of aliphatic carboxylic acids is 1. The third kappa shape index (κ3) is 4.24. The fourth-order valence-corrected chi connectivity index (χ4v) is 1.14. The molecule has 0 aromatic carbocycles. The Labute approximate surface area is 103 Å². The summed E-state index contributed by atoms with van der Waals surface area (Å²) >= 11 is 0. The van der Waals surface area contributed by atoms with Crippen LogP contribution in [0.15, 0.2) is 0 Å². The van der Waals surface area contributed by atoms with E-state index < -0.39 is 17.9 Å². The number of rotatable bonds is 5. The average molecular weight is 244 g/mol. The van der Waals surface area contributed by atoms with Crippen LogP contribution < -0.4 is 5.32 Å². The first-order valence-electron chi connectivity index (χ1n) is 5.90. The summed E-state index contributed by atoms with van der Waals surface area (Å²) in [6.45, 7) is 9.23. The number of carbonyl (C=O) groups is 2. The van der Waals surface area contributed by atoms with E-state index in [1.807, 2.05) is 20.8 Å². The van der Waals surface area contributed by atoms with Crippen LogP contribution in [0.4, 0.5) is 4.79 Å². The Morgan fingerprint density at radius 2 is 1.82 bits per heavy atom. The third-order valence-corrected chi connectivity index (χ3v) is 3.57. The smallest absolute Gasteiger partial charge is 0.317 e. The largest absolute Gasteiger partial charge is 0.481 e. The van der Waals surface area contributed by atoms with Gasteiger partial charge in [0.25, 0.3) is 0 Å². The summed E-state index contributed by atoms with van der Waals surface area (Å²) in [5.41, 5.74) is -0.240. The molecule has 0 saturated heterocycles. The molecule has 0 aliphatic carbocycles. The summed E-state index contributed by atoms with van der Waals surface area (Å²) in [5, 5.41) is 11.6. The van der Waals surface area contributed by atoms with Crippen molar-refractivity contribution < 1.29 is 14.7 Å². The summed E-state index contributed by atoms with van der Waals surface area (Å²) in [4.78, 5) is 24.3. The highest BCUT2D eigenvalue weighted by Gasteiger charge is 2.28. The zero-order valence-electron chi connectivity index (χ0n) is 11.6. The number of urea groups is 1. The molecule has 0 aliphatic rings. The van der Waals surface area contributed by atoms with Gasteiger partial charge < -0.3 is 15.3 Å². The molecule has 0 saturated carbocycles. The summed E-state index contributed by atoms with van der Waals surface area (Å²) in [5.74, 6) is -1.51. The van der Waals surface area contributed by atoms with Crippen LogP contribution in [0.3, 0.4) is 0 Å². The van der Waals surface area contributed by atoms with Crippen molar-refractivity contribution in [2.24, 2.45) is 5.92 Å². The van der Waals surface area contributed by atoms with Gasteiger partial charge in [-0.1, -0.05) is 6.92 Å². The van der Waals surface area contributed by atoms with E-state index in [0.717, 1.165) is 6.42 Å². The molecule has 2 N–H and O–H groups in total. The molecule has 2 amide bonds. The van der Waals surface area contributed by atoms with E-state index in [1.54, 1.807) is 25.8 Å². The second-order valence-corrected chi connectivity index (χ2v) is 5.09. The van der Waals surface area contributed by atoms with E-state index in [1.165, 1.54) is 0 Å². The fourth-order valence-electron chi connectivity index (χ4n) is 1.14. The monoisotopic (exact) mass is 244 g/mol. The van der Waals surface area contributed by atoms with Crippen LogP contribution in [0.2, 0.25) is 0 Å². The Kier molecular flexibility index (Phi) is 5.45. The number of nitrogens with one attached hydrogen (secondary N) is 1. The van der Waals surface area contributed by atoms with Gasteiger partial charge in [-0.15, -0.1) is 0 Å². The maximum Gasteiger partial charge on any atom is 0.317 e. The molecule has 5 nitrogen and oxygen atoms in total. The maximum atomic E-state index is 11.9. The van der Waals surface area contributed by atoms with Crippen molar-refractivity contribution in [3.63, 3.8) is 0 Å². The number of nitrogens with zero attached hydrogens (tertiary/aromatic N) is 1. The van der Waals surface area contributed by atoms with E-state index >= 15 is 0 Å². The Hall–Kier alpha value is -1.26. The zero-order valence-corrected chi connectivity index (χ0v) is 11.6. The van der Waals surface area contributed by atoms with Gasteiger partial charge in [-0.25, -0.2) is 4.79 Å².